The van der Waals surface area contributed by atoms with Crippen LogP contribution in [0.5, 0.6) is 5.75 Å². The molecule has 2 aromatic rings. The van der Waals surface area contributed by atoms with E-state index in [9.17, 15) is 14.7 Å². The highest BCUT2D eigenvalue weighted by Gasteiger charge is 2.39. The molecule has 4 heterocycles. The van der Waals surface area contributed by atoms with Gasteiger partial charge in [0.05, 0.1) is 42.4 Å². The van der Waals surface area contributed by atoms with Crippen molar-refractivity contribution >= 4 is 11.8 Å². The molecule has 3 aliphatic heterocycles. The maximum atomic E-state index is 13.4. The van der Waals surface area contributed by atoms with Gasteiger partial charge < -0.3 is 29.8 Å². The van der Waals surface area contributed by atoms with Crippen molar-refractivity contribution in [3.05, 3.63) is 47.5 Å². The van der Waals surface area contributed by atoms with E-state index in [0.29, 0.717) is 56.2 Å². The molecule has 2 amide bonds. The van der Waals surface area contributed by atoms with Gasteiger partial charge in [-0.3, -0.25) is 14.5 Å². The van der Waals surface area contributed by atoms with Gasteiger partial charge in [-0.15, -0.1) is 0 Å². The number of likely N-dealkylation sites (tertiary alicyclic amines) is 1. The van der Waals surface area contributed by atoms with E-state index in [4.69, 9.17) is 9.47 Å². The second-order valence-electron chi connectivity index (χ2n) is 11.1. The van der Waals surface area contributed by atoms with E-state index in [-0.39, 0.29) is 30.5 Å². The fraction of sp³-hybridized carbons (Fsp3) is 0.607. The van der Waals surface area contributed by atoms with Crippen molar-refractivity contribution < 1.29 is 24.2 Å². The van der Waals surface area contributed by atoms with E-state index >= 15 is 0 Å². The van der Waals surface area contributed by atoms with Crippen LogP contribution in [0.2, 0.25) is 0 Å². The Morgan fingerprint density at radius 3 is 2.82 bits per heavy atom. The van der Waals surface area contributed by atoms with E-state index in [1.165, 1.54) is 0 Å². The van der Waals surface area contributed by atoms with Gasteiger partial charge in [-0.1, -0.05) is 19.9 Å². The standard InChI is InChI=1S/C28H39N5O5/c1-17(2)18-4-6-22-25(10-18)37-9-8-21-5-7-24(34)26(38-21)12-29-28(36)23-11-19(31-27(22)35)14-33(23)15-20-13-32(3)16-30-20/h4,6,10,13,16-17,19,21,23-24,26,34H,5,7-9,11-12,14-15H2,1-3H3,(H,29,36)(H,31,35)/t19-,21-,23-,24-,26+/m0/s1. The molecule has 1 aromatic heterocycles. The zero-order chi connectivity index (χ0) is 26.8. The normalized spacial score (nSPS) is 28.9. The molecule has 3 N–H and O–H groups in total. The zero-order valence-corrected chi connectivity index (χ0v) is 22.4. The summed E-state index contributed by atoms with van der Waals surface area (Å²) in [5.74, 6) is 0.521. The van der Waals surface area contributed by atoms with Crippen molar-refractivity contribution in [2.24, 2.45) is 7.05 Å². The van der Waals surface area contributed by atoms with E-state index in [0.717, 1.165) is 17.7 Å². The topological polar surface area (TPSA) is 118 Å². The summed E-state index contributed by atoms with van der Waals surface area (Å²) in [6.45, 7) is 5.86. The molecule has 2 saturated heterocycles. The number of benzene rings is 1. The lowest BCUT2D eigenvalue weighted by Crippen LogP contribution is -2.50. The number of fused-ring (bicyclic) bond motifs is 5. The number of carbonyl (C=O) groups is 2. The van der Waals surface area contributed by atoms with Crippen LogP contribution in [0.1, 0.15) is 67.1 Å². The molecule has 206 valence electrons. The van der Waals surface area contributed by atoms with Gasteiger partial charge in [-0.2, -0.15) is 0 Å². The Morgan fingerprint density at radius 1 is 1.21 bits per heavy atom. The van der Waals surface area contributed by atoms with Crippen LogP contribution >= 0.6 is 0 Å². The molecule has 0 aliphatic carbocycles. The summed E-state index contributed by atoms with van der Waals surface area (Å²) in [6, 6.07) is 5.10. The summed E-state index contributed by atoms with van der Waals surface area (Å²) >= 11 is 0. The molecule has 0 saturated carbocycles. The highest BCUT2D eigenvalue weighted by molar-refractivity contribution is 5.97. The zero-order valence-electron chi connectivity index (χ0n) is 22.4. The van der Waals surface area contributed by atoms with Crippen LogP contribution in [0, 0.1) is 0 Å². The maximum absolute atomic E-state index is 13.4. The summed E-state index contributed by atoms with van der Waals surface area (Å²) < 4.78 is 14.2. The summed E-state index contributed by atoms with van der Waals surface area (Å²) in [4.78, 5) is 33.3. The number of nitrogens with zero attached hydrogens (tertiary/aromatic N) is 3. The first-order chi connectivity index (χ1) is 18.3. The van der Waals surface area contributed by atoms with Gasteiger partial charge in [0.2, 0.25) is 5.91 Å². The number of nitrogens with one attached hydrogen (secondary N) is 2. The Balaban J connectivity index is 1.42. The van der Waals surface area contributed by atoms with Crippen LogP contribution < -0.4 is 15.4 Å². The van der Waals surface area contributed by atoms with Crippen LogP contribution in [-0.2, 0) is 23.1 Å². The summed E-state index contributed by atoms with van der Waals surface area (Å²) in [5, 5.41) is 16.7. The van der Waals surface area contributed by atoms with Crippen LogP contribution in [0.25, 0.3) is 0 Å². The minimum atomic E-state index is -0.624. The third-order valence-electron chi connectivity index (χ3n) is 7.84. The number of aromatic nitrogens is 2. The molecule has 10 heteroatoms. The largest absolute Gasteiger partial charge is 0.493 e. The molecule has 5 rings (SSSR count). The van der Waals surface area contributed by atoms with Gasteiger partial charge >= 0.3 is 0 Å². The third-order valence-corrected chi connectivity index (χ3v) is 7.84. The molecule has 10 nitrogen and oxygen atoms in total. The Kier molecular flexibility index (Phi) is 8.01. The molecule has 4 bridgehead atoms. The van der Waals surface area contributed by atoms with E-state index in [2.05, 4.69) is 34.4 Å². The number of hydrogen-bond acceptors (Lipinski definition) is 7. The monoisotopic (exact) mass is 525 g/mol. The van der Waals surface area contributed by atoms with E-state index < -0.39 is 18.2 Å². The quantitative estimate of drug-likeness (QED) is 0.559. The molecule has 5 atom stereocenters. The lowest BCUT2D eigenvalue weighted by Gasteiger charge is -2.34. The molecular weight excluding hydrogens is 486 g/mol. The first-order valence-corrected chi connectivity index (χ1v) is 13.7. The number of rotatable bonds is 3. The van der Waals surface area contributed by atoms with Crippen LogP contribution in [0.3, 0.4) is 0 Å². The summed E-state index contributed by atoms with van der Waals surface area (Å²) in [7, 11) is 1.91. The van der Waals surface area contributed by atoms with Crippen LogP contribution in [0.15, 0.2) is 30.7 Å². The Labute approximate surface area is 223 Å². The molecule has 38 heavy (non-hydrogen) atoms. The van der Waals surface area contributed by atoms with E-state index in [1.54, 1.807) is 6.33 Å². The van der Waals surface area contributed by atoms with Crippen molar-refractivity contribution in [2.45, 2.75) is 82.4 Å². The summed E-state index contributed by atoms with van der Waals surface area (Å²) in [6.07, 6.45) is 4.93. The molecule has 3 aliphatic rings. The van der Waals surface area contributed by atoms with Crippen LogP contribution in [-0.4, -0.2) is 81.5 Å². The smallest absolute Gasteiger partial charge is 0.255 e. The van der Waals surface area contributed by atoms with Gasteiger partial charge in [0.15, 0.2) is 0 Å². The Hall–Kier alpha value is -2.95. The first kappa shape index (κ1) is 26.6. The third kappa shape index (κ3) is 6.03. The predicted octanol–water partition coefficient (Wildman–Crippen LogP) is 1.72. The van der Waals surface area contributed by atoms with Crippen molar-refractivity contribution in [1.82, 2.24) is 25.1 Å². The number of imidazole rings is 1. The molecule has 1 aromatic carbocycles. The average molecular weight is 526 g/mol. The first-order valence-electron chi connectivity index (χ1n) is 13.7. The molecule has 0 spiro atoms. The van der Waals surface area contributed by atoms with Gasteiger partial charge in [0, 0.05) is 45.3 Å². The summed E-state index contributed by atoms with van der Waals surface area (Å²) in [5.41, 5.74) is 2.45. The van der Waals surface area contributed by atoms with Crippen molar-refractivity contribution in [2.75, 3.05) is 19.7 Å². The van der Waals surface area contributed by atoms with Crippen LogP contribution in [0.4, 0.5) is 0 Å². The van der Waals surface area contributed by atoms with E-state index in [1.807, 2.05) is 36.0 Å². The molecule has 0 radical (unpaired) electrons. The van der Waals surface area contributed by atoms with Gasteiger partial charge in [0.25, 0.3) is 5.91 Å². The fourth-order valence-electron chi connectivity index (χ4n) is 5.64. The number of hydrogen-bond donors (Lipinski definition) is 3. The predicted molar refractivity (Wildman–Crippen MR) is 141 cm³/mol. The number of aliphatic hydroxyl groups excluding tert-OH is 1. The fourth-order valence-corrected chi connectivity index (χ4v) is 5.64. The molecular formula is C28H39N5O5. The highest BCUT2D eigenvalue weighted by Crippen LogP contribution is 2.28. The Morgan fingerprint density at radius 2 is 2.05 bits per heavy atom. The average Bonchev–Trinajstić information content (AvgIpc) is 3.48. The van der Waals surface area contributed by atoms with Crippen molar-refractivity contribution in [3.8, 4) is 5.75 Å². The number of ether oxygens (including phenoxy) is 2. The molecule has 0 unspecified atom stereocenters. The van der Waals surface area contributed by atoms with Crippen molar-refractivity contribution in [3.63, 3.8) is 0 Å². The van der Waals surface area contributed by atoms with Gasteiger partial charge in [0.1, 0.15) is 11.9 Å². The number of aliphatic hydroxyl groups is 1. The van der Waals surface area contributed by atoms with Crippen molar-refractivity contribution in [1.29, 1.82) is 0 Å². The highest BCUT2D eigenvalue weighted by atomic mass is 16.5. The minimum Gasteiger partial charge on any atom is -0.493 e. The lowest BCUT2D eigenvalue weighted by molar-refractivity contribution is -0.133. The van der Waals surface area contributed by atoms with Gasteiger partial charge in [-0.25, -0.2) is 4.98 Å². The second-order valence-corrected chi connectivity index (χ2v) is 11.1. The number of carbonyl (C=O) groups excluding carboxylic acids is 2. The second kappa shape index (κ2) is 11.4. The maximum Gasteiger partial charge on any atom is 0.255 e. The van der Waals surface area contributed by atoms with Gasteiger partial charge in [-0.05, 0) is 42.9 Å². The number of aryl methyl sites for hydroxylation is 1. The number of amides is 2. The SMILES string of the molecule is CC(C)c1ccc2c(c1)OCC[C@@H]1CC[C@H](O)[C@@H](CNC(=O)[C@@H]3C[C@@H](CN3Cc3cn(C)cn3)NC2=O)O1. The minimum absolute atomic E-state index is 0.0877. The molecule has 2 fully saturated rings. The Bertz CT molecular complexity index is 1150. The lowest BCUT2D eigenvalue weighted by atomic mass is 9.99.